The standard InChI is InChI=1S/C16H22OSSi/c1-19(2,3)16-8-6-14(7-9-16)13-17-11-10-15-5-4-12-18-15/h4-9,12H,10-11,13H2,1-3H3. The maximum absolute atomic E-state index is 5.74. The van der Waals surface area contributed by atoms with Gasteiger partial charge in [-0.25, -0.2) is 0 Å². The zero-order valence-electron chi connectivity index (χ0n) is 12.0. The fourth-order valence-corrected chi connectivity index (χ4v) is 3.78. The molecule has 0 saturated heterocycles. The highest BCUT2D eigenvalue weighted by Crippen LogP contribution is 2.10. The van der Waals surface area contributed by atoms with E-state index in [2.05, 4.69) is 61.4 Å². The third-order valence-corrected chi connectivity index (χ3v) is 6.16. The zero-order chi connectivity index (χ0) is 13.7. The fourth-order valence-electron chi connectivity index (χ4n) is 1.92. The molecule has 1 aromatic heterocycles. The van der Waals surface area contributed by atoms with Gasteiger partial charge in [0.2, 0.25) is 0 Å². The SMILES string of the molecule is C[Si](C)(C)c1ccc(COCCc2cccs2)cc1. The van der Waals surface area contributed by atoms with Crippen LogP contribution in [0.5, 0.6) is 0 Å². The zero-order valence-corrected chi connectivity index (χ0v) is 13.8. The van der Waals surface area contributed by atoms with Crippen molar-refractivity contribution >= 4 is 24.6 Å². The molecule has 2 aromatic rings. The molecular formula is C16H22OSSi. The van der Waals surface area contributed by atoms with Crippen LogP contribution in [0.3, 0.4) is 0 Å². The molecular weight excluding hydrogens is 268 g/mol. The van der Waals surface area contributed by atoms with Crippen LogP contribution in [-0.4, -0.2) is 14.7 Å². The van der Waals surface area contributed by atoms with Crippen molar-refractivity contribution in [3.05, 3.63) is 52.2 Å². The van der Waals surface area contributed by atoms with E-state index in [-0.39, 0.29) is 0 Å². The van der Waals surface area contributed by atoms with Crippen LogP contribution in [0.25, 0.3) is 0 Å². The van der Waals surface area contributed by atoms with Gasteiger partial charge in [-0.05, 0) is 17.0 Å². The molecule has 0 radical (unpaired) electrons. The number of ether oxygens (including phenoxy) is 1. The number of rotatable bonds is 6. The molecule has 0 bridgehead atoms. The van der Waals surface area contributed by atoms with E-state index in [1.165, 1.54) is 15.6 Å². The normalized spacial score (nSPS) is 11.7. The fraction of sp³-hybridized carbons (Fsp3) is 0.375. The Labute approximate surface area is 121 Å². The van der Waals surface area contributed by atoms with Gasteiger partial charge in [0.25, 0.3) is 0 Å². The van der Waals surface area contributed by atoms with Gasteiger partial charge in [0.15, 0.2) is 0 Å². The first-order valence-electron chi connectivity index (χ1n) is 6.75. The molecule has 0 spiro atoms. The average Bonchev–Trinajstić information content (AvgIpc) is 2.87. The highest BCUT2D eigenvalue weighted by atomic mass is 32.1. The van der Waals surface area contributed by atoms with Gasteiger partial charge in [-0.2, -0.15) is 0 Å². The molecule has 2 rings (SSSR count). The Morgan fingerprint density at radius 3 is 2.37 bits per heavy atom. The van der Waals surface area contributed by atoms with E-state index in [0.717, 1.165) is 19.6 Å². The lowest BCUT2D eigenvalue weighted by Crippen LogP contribution is -2.37. The summed E-state index contributed by atoms with van der Waals surface area (Å²) in [5.74, 6) is 0. The number of hydrogen-bond acceptors (Lipinski definition) is 2. The topological polar surface area (TPSA) is 9.23 Å². The van der Waals surface area contributed by atoms with Crippen molar-refractivity contribution in [2.45, 2.75) is 32.7 Å². The maximum Gasteiger partial charge on any atom is 0.0775 e. The molecule has 3 heteroatoms. The molecule has 0 fully saturated rings. The van der Waals surface area contributed by atoms with Gasteiger partial charge in [-0.3, -0.25) is 0 Å². The molecule has 0 unspecified atom stereocenters. The van der Waals surface area contributed by atoms with E-state index < -0.39 is 8.07 Å². The van der Waals surface area contributed by atoms with Crippen LogP contribution in [-0.2, 0) is 17.8 Å². The second-order valence-electron chi connectivity index (χ2n) is 5.83. The minimum Gasteiger partial charge on any atom is -0.376 e. The van der Waals surface area contributed by atoms with Gasteiger partial charge < -0.3 is 4.74 Å². The Bertz CT molecular complexity index is 482. The van der Waals surface area contributed by atoms with Crippen LogP contribution in [0.2, 0.25) is 19.6 Å². The largest absolute Gasteiger partial charge is 0.376 e. The summed E-state index contributed by atoms with van der Waals surface area (Å²) in [7, 11) is -1.17. The van der Waals surface area contributed by atoms with Crippen LogP contribution in [0.4, 0.5) is 0 Å². The molecule has 1 nitrogen and oxygen atoms in total. The van der Waals surface area contributed by atoms with Gasteiger partial charge in [-0.1, -0.05) is 55.2 Å². The van der Waals surface area contributed by atoms with Crippen molar-refractivity contribution in [1.29, 1.82) is 0 Å². The van der Waals surface area contributed by atoms with Gasteiger partial charge in [0.1, 0.15) is 0 Å². The van der Waals surface area contributed by atoms with Crippen molar-refractivity contribution in [1.82, 2.24) is 0 Å². The highest BCUT2D eigenvalue weighted by Gasteiger charge is 2.15. The van der Waals surface area contributed by atoms with Crippen LogP contribution in [0, 0.1) is 0 Å². The summed E-state index contributed by atoms with van der Waals surface area (Å²) in [6.45, 7) is 8.65. The van der Waals surface area contributed by atoms with Gasteiger partial charge >= 0.3 is 0 Å². The smallest absolute Gasteiger partial charge is 0.0775 e. The predicted molar refractivity (Wildman–Crippen MR) is 87.1 cm³/mol. The molecule has 19 heavy (non-hydrogen) atoms. The summed E-state index contributed by atoms with van der Waals surface area (Å²) >= 11 is 1.80. The van der Waals surface area contributed by atoms with Crippen molar-refractivity contribution < 1.29 is 4.74 Å². The second-order valence-corrected chi connectivity index (χ2v) is 11.9. The molecule has 102 valence electrons. The molecule has 0 aliphatic carbocycles. The lowest BCUT2D eigenvalue weighted by atomic mass is 10.2. The first-order chi connectivity index (χ1) is 9.05. The summed E-state index contributed by atoms with van der Waals surface area (Å²) in [5, 5.41) is 3.62. The first kappa shape index (κ1) is 14.5. The van der Waals surface area contributed by atoms with Crippen molar-refractivity contribution in [2.75, 3.05) is 6.61 Å². The lowest BCUT2D eigenvalue weighted by molar-refractivity contribution is 0.124. The quantitative estimate of drug-likeness (QED) is 0.576. The summed E-state index contributed by atoms with van der Waals surface area (Å²) in [4.78, 5) is 1.40. The first-order valence-corrected chi connectivity index (χ1v) is 11.1. The lowest BCUT2D eigenvalue weighted by Gasteiger charge is -2.16. The Kier molecular flexibility index (Phi) is 4.97. The van der Waals surface area contributed by atoms with E-state index in [0.29, 0.717) is 0 Å². The highest BCUT2D eigenvalue weighted by molar-refractivity contribution is 7.09. The Morgan fingerprint density at radius 1 is 1.05 bits per heavy atom. The molecule has 0 N–H and O–H groups in total. The van der Waals surface area contributed by atoms with E-state index in [4.69, 9.17) is 4.74 Å². The Morgan fingerprint density at radius 2 is 1.79 bits per heavy atom. The van der Waals surface area contributed by atoms with Gasteiger partial charge in [0, 0.05) is 11.3 Å². The van der Waals surface area contributed by atoms with Crippen molar-refractivity contribution in [3.63, 3.8) is 0 Å². The summed E-state index contributed by atoms with van der Waals surface area (Å²) in [6, 6.07) is 13.2. The summed E-state index contributed by atoms with van der Waals surface area (Å²) < 4.78 is 5.74. The Hall–Kier alpha value is -0.903. The minimum atomic E-state index is -1.17. The van der Waals surface area contributed by atoms with Crippen LogP contribution >= 0.6 is 11.3 Å². The minimum absolute atomic E-state index is 0.720. The van der Waals surface area contributed by atoms with Crippen LogP contribution in [0.15, 0.2) is 41.8 Å². The third kappa shape index (κ3) is 4.60. The van der Waals surface area contributed by atoms with E-state index >= 15 is 0 Å². The van der Waals surface area contributed by atoms with E-state index in [1.54, 1.807) is 11.3 Å². The number of thiophene rings is 1. The predicted octanol–water partition coefficient (Wildman–Crippen LogP) is 4.05. The van der Waals surface area contributed by atoms with Crippen LogP contribution in [0.1, 0.15) is 10.4 Å². The van der Waals surface area contributed by atoms with Crippen molar-refractivity contribution in [2.24, 2.45) is 0 Å². The van der Waals surface area contributed by atoms with E-state index in [1.807, 2.05) is 0 Å². The molecule has 0 aliphatic rings. The van der Waals surface area contributed by atoms with Crippen molar-refractivity contribution in [3.8, 4) is 0 Å². The maximum atomic E-state index is 5.74. The summed E-state index contributed by atoms with van der Waals surface area (Å²) in [6.07, 6.45) is 1.02. The third-order valence-electron chi connectivity index (χ3n) is 3.16. The molecule has 0 aliphatic heterocycles. The summed E-state index contributed by atoms with van der Waals surface area (Å²) in [5.41, 5.74) is 1.27. The average molecular weight is 291 g/mol. The second kappa shape index (κ2) is 6.50. The number of hydrogen-bond donors (Lipinski definition) is 0. The van der Waals surface area contributed by atoms with Gasteiger partial charge in [-0.15, -0.1) is 11.3 Å². The van der Waals surface area contributed by atoms with E-state index in [9.17, 15) is 0 Å². The molecule has 1 aromatic carbocycles. The molecule has 0 saturated carbocycles. The number of benzene rings is 1. The molecule has 0 atom stereocenters. The molecule has 0 amide bonds. The monoisotopic (exact) mass is 290 g/mol. The van der Waals surface area contributed by atoms with Gasteiger partial charge in [0.05, 0.1) is 21.3 Å². The Balaban J connectivity index is 1.77. The van der Waals surface area contributed by atoms with Crippen LogP contribution < -0.4 is 5.19 Å². The molecule has 1 heterocycles.